The minimum absolute atomic E-state index is 0.0120. The molecule has 0 fully saturated rings. The monoisotopic (exact) mass is 297 g/mol. The van der Waals surface area contributed by atoms with Gasteiger partial charge in [0, 0.05) is 18.4 Å². The molecule has 0 atom stereocenters. The summed E-state index contributed by atoms with van der Waals surface area (Å²) in [7, 11) is 0. The molecular weight excluding hydrogens is 278 g/mol. The Hall–Kier alpha value is -2.47. The van der Waals surface area contributed by atoms with Crippen molar-refractivity contribution in [2.75, 3.05) is 6.61 Å². The van der Waals surface area contributed by atoms with E-state index in [9.17, 15) is 0 Å². The first-order valence-electron chi connectivity index (χ1n) is 7.20. The number of rotatable bonds is 3. The topological polar surface area (TPSA) is 79.7 Å². The van der Waals surface area contributed by atoms with Crippen LogP contribution in [0.25, 0.3) is 16.9 Å². The van der Waals surface area contributed by atoms with E-state index in [1.807, 2.05) is 37.5 Å². The van der Waals surface area contributed by atoms with Crippen LogP contribution < -0.4 is 5.49 Å². The van der Waals surface area contributed by atoms with Crippen molar-refractivity contribution in [3.05, 3.63) is 47.0 Å². The van der Waals surface area contributed by atoms with Gasteiger partial charge in [-0.05, 0) is 44.0 Å². The Kier molecular flexibility index (Phi) is 3.54. The van der Waals surface area contributed by atoms with Gasteiger partial charge in [-0.2, -0.15) is 0 Å². The molecule has 114 valence electrons. The molecule has 22 heavy (non-hydrogen) atoms. The summed E-state index contributed by atoms with van der Waals surface area (Å²) in [4.78, 5) is 8.94. The van der Waals surface area contributed by atoms with E-state index in [4.69, 9.17) is 10.5 Å². The third-order valence-electron chi connectivity index (χ3n) is 4.00. The Morgan fingerprint density at radius 2 is 2.00 bits per heavy atom. The van der Waals surface area contributed by atoms with E-state index in [-0.39, 0.29) is 6.61 Å². The zero-order valence-corrected chi connectivity index (χ0v) is 13.0. The Morgan fingerprint density at radius 1 is 1.23 bits per heavy atom. The van der Waals surface area contributed by atoms with Gasteiger partial charge in [-0.3, -0.25) is 9.98 Å². The molecular formula is C16H19N5O. The number of pyridine rings is 1. The lowest BCUT2D eigenvalue weighted by molar-refractivity contribution is 0.273. The van der Waals surface area contributed by atoms with Gasteiger partial charge >= 0.3 is 0 Å². The van der Waals surface area contributed by atoms with Crippen LogP contribution in [0.4, 0.5) is 0 Å². The fourth-order valence-corrected chi connectivity index (χ4v) is 2.72. The van der Waals surface area contributed by atoms with Crippen molar-refractivity contribution in [3.63, 3.8) is 0 Å². The first-order valence-corrected chi connectivity index (χ1v) is 7.20. The van der Waals surface area contributed by atoms with E-state index in [0.29, 0.717) is 12.0 Å². The maximum Gasteiger partial charge on any atom is 0.151 e. The SMILES string of the molecule is Cc1ccnc(-n2c(C)c(C)c3c(=N)n(CCO)cnc32)c1. The predicted molar refractivity (Wildman–Crippen MR) is 84.0 cm³/mol. The zero-order chi connectivity index (χ0) is 15.9. The Bertz CT molecular complexity index is 907. The van der Waals surface area contributed by atoms with Crippen molar-refractivity contribution in [3.8, 4) is 5.82 Å². The highest BCUT2D eigenvalue weighted by atomic mass is 16.3. The Morgan fingerprint density at radius 3 is 2.68 bits per heavy atom. The minimum atomic E-state index is -0.0120. The van der Waals surface area contributed by atoms with Gasteiger partial charge in [0.2, 0.25) is 0 Å². The number of hydrogen-bond acceptors (Lipinski definition) is 4. The molecule has 3 aromatic heterocycles. The van der Waals surface area contributed by atoms with Crippen molar-refractivity contribution in [2.24, 2.45) is 0 Å². The molecule has 6 nitrogen and oxygen atoms in total. The molecule has 0 bridgehead atoms. The molecule has 3 heterocycles. The summed E-state index contributed by atoms with van der Waals surface area (Å²) in [6.45, 7) is 6.39. The smallest absolute Gasteiger partial charge is 0.151 e. The van der Waals surface area contributed by atoms with Crippen LogP contribution in [0.3, 0.4) is 0 Å². The zero-order valence-electron chi connectivity index (χ0n) is 13.0. The maximum atomic E-state index is 9.11. The quantitative estimate of drug-likeness (QED) is 0.771. The number of nitrogens with zero attached hydrogens (tertiary/aromatic N) is 4. The largest absolute Gasteiger partial charge is 0.395 e. The van der Waals surface area contributed by atoms with E-state index in [1.165, 1.54) is 0 Å². The van der Waals surface area contributed by atoms with Crippen LogP contribution in [-0.4, -0.2) is 30.8 Å². The van der Waals surface area contributed by atoms with E-state index >= 15 is 0 Å². The lowest BCUT2D eigenvalue weighted by Crippen LogP contribution is -2.22. The van der Waals surface area contributed by atoms with Crippen LogP contribution in [0, 0.1) is 26.2 Å². The molecule has 2 N–H and O–H groups in total. The summed E-state index contributed by atoms with van der Waals surface area (Å²) in [5.74, 6) is 0.808. The average Bonchev–Trinajstić information content (AvgIpc) is 2.75. The number of aliphatic hydroxyl groups is 1. The van der Waals surface area contributed by atoms with Crippen LogP contribution >= 0.6 is 0 Å². The van der Waals surface area contributed by atoms with Gasteiger partial charge in [0.15, 0.2) is 5.65 Å². The molecule has 0 saturated carbocycles. The highest BCUT2D eigenvalue weighted by molar-refractivity contribution is 5.82. The summed E-state index contributed by atoms with van der Waals surface area (Å²) in [5, 5.41) is 18.3. The number of hydrogen-bond donors (Lipinski definition) is 2. The highest BCUT2D eigenvalue weighted by Gasteiger charge is 2.16. The van der Waals surface area contributed by atoms with Crippen LogP contribution in [0.5, 0.6) is 0 Å². The normalized spacial score (nSPS) is 11.3. The number of nitrogens with one attached hydrogen (secondary N) is 1. The number of aromatic nitrogens is 4. The number of aryl methyl sites for hydroxylation is 2. The second-order valence-electron chi connectivity index (χ2n) is 5.45. The molecule has 3 aromatic rings. The average molecular weight is 297 g/mol. The lowest BCUT2D eigenvalue weighted by Gasteiger charge is -2.08. The molecule has 0 saturated heterocycles. The molecule has 3 rings (SSSR count). The summed E-state index contributed by atoms with van der Waals surface area (Å²) >= 11 is 0. The summed E-state index contributed by atoms with van der Waals surface area (Å²) in [5.41, 5.74) is 4.26. The van der Waals surface area contributed by atoms with Crippen LogP contribution in [0.1, 0.15) is 16.8 Å². The lowest BCUT2D eigenvalue weighted by atomic mass is 10.2. The maximum absolute atomic E-state index is 9.11. The number of fused-ring (bicyclic) bond motifs is 1. The molecule has 0 unspecified atom stereocenters. The summed E-state index contributed by atoms with van der Waals surface area (Å²) < 4.78 is 3.64. The molecule has 0 spiro atoms. The van der Waals surface area contributed by atoms with Crippen LogP contribution in [0.15, 0.2) is 24.7 Å². The van der Waals surface area contributed by atoms with Gasteiger partial charge in [0.05, 0.1) is 18.3 Å². The van der Waals surface area contributed by atoms with Crippen molar-refractivity contribution in [2.45, 2.75) is 27.3 Å². The van der Waals surface area contributed by atoms with Gasteiger partial charge in [0.25, 0.3) is 0 Å². The Labute approximate surface area is 128 Å². The molecule has 6 heteroatoms. The van der Waals surface area contributed by atoms with E-state index in [1.54, 1.807) is 17.1 Å². The molecule has 0 aliphatic rings. The van der Waals surface area contributed by atoms with Crippen LogP contribution in [-0.2, 0) is 6.54 Å². The van der Waals surface area contributed by atoms with Gasteiger partial charge < -0.3 is 9.67 Å². The van der Waals surface area contributed by atoms with E-state index in [2.05, 4.69) is 9.97 Å². The molecule has 0 radical (unpaired) electrons. The van der Waals surface area contributed by atoms with Gasteiger partial charge in [-0.15, -0.1) is 0 Å². The first kappa shape index (κ1) is 14.5. The standard InChI is InChI=1S/C16H19N5O/c1-10-4-5-18-13(8-10)21-12(3)11(2)14-15(17)20(6-7-22)9-19-16(14)21/h4-5,8-9,17,22H,6-7H2,1-3H3. The van der Waals surface area contributed by atoms with Crippen molar-refractivity contribution in [1.29, 1.82) is 5.41 Å². The minimum Gasteiger partial charge on any atom is -0.395 e. The van der Waals surface area contributed by atoms with Crippen molar-refractivity contribution < 1.29 is 5.11 Å². The molecule has 0 aliphatic heterocycles. The fourth-order valence-electron chi connectivity index (χ4n) is 2.72. The number of aliphatic hydroxyl groups excluding tert-OH is 1. The van der Waals surface area contributed by atoms with E-state index in [0.717, 1.165) is 33.7 Å². The van der Waals surface area contributed by atoms with Gasteiger partial charge in [-0.25, -0.2) is 9.97 Å². The van der Waals surface area contributed by atoms with E-state index < -0.39 is 0 Å². The second kappa shape index (κ2) is 5.38. The van der Waals surface area contributed by atoms with Crippen molar-refractivity contribution in [1.82, 2.24) is 19.1 Å². The van der Waals surface area contributed by atoms with Gasteiger partial charge in [-0.1, -0.05) is 0 Å². The fraction of sp³-hybridized carbons (Fsp3) is 0.312. The molecule has 0 aromatic carbocycles. The molecule has 0 aliphatic carbocycles. The van der Waals surface area contributed by atoms with Crippen LogP contribution in [0.2, 0.25) is 0 Å². The first-order chi connectivity index (χ1) is 10.5. The Balaban J connectivity index is 2.36. The second-order valence-corrected chi connectivity index (χ2v) is 5.45. The molecule has 0 amide bonds. The summed E-state index contributed by atoms with van der Waals surface area (Å²) in [6, 6.07) is 3.96. The predicted octanol–water partition coefficient (Wildman–Crippen LogP) is 1.62. The third-order valence-corrected chi connectivity index (χ3v) is 4.00. The van der Waals surface area contributed by atoms with Gasteiger partial charge in [0.1, 0.15) is 11.3 Å². The summed E-state index contributed by atoms with van der Waals surface area (Å²) in [6.07, 6.45) is 3.38. The highest BCUT2D eigenvalue weighted by Crippen LogP contribution is 2.24. The third kappa shape index (κ3) is 2.12. The van der Waals surface area contributed by atoms with Crippen molar-refractivity contribution >= 4 is 11.0 Å².